The lowest BCUT2D eigenvalue weighted by Gasteiger charge is -2.11. The molecule has 3 unspecified atom stereocenters. The third kappa shape index (κ3) is 0.443. The number of hydrogen-bond acceptors (Lipinski definition) is 2. The molecule has 0 aromatic rings. The van der Waals surface area contributed by atoms with Crippen molar-refractivity contribution in [3.63, 3.8) is 0 Å². The van der Waals surface area contributed by atoms with Crippen LogP contribution in [0.3, 0.4) is 0 Å². The second-order valence-electron chi connectivity index (χ2n) is 2.50. The van der Waals surface area contributed by atoms with E-state index in [1.807, 2.05) is 0 Å². The Kier molecular flexibility index (Phi) is 0.754. The molecule has 2 N–H and O–H groups in total. The van der Waals surface area contributed by atoms with Crippen LogP contribution in [0.25, 0.3) is 0 Å². The Balaban J connectivity index is 2.23. The topological polar surface area (TPSA) is 32.3 Å². The standard InChI is InChI=1S/C6H9NO/c8-6-4-1-2-5(3-4)7-6/h1-2,4-8H,3H2. The second kappa shape index (κ2) is 1.33. The van der Waals surface area contributed by atoms with Gasteiger partial charge in [0, 0.05) is 12.0 Å². The lowest BCUT2D eigenvalue weighted by Crippen LogP contribution is -2.32. The zero-order chi connectivity index (χ0) is 5.56. The van der Waals surface area contributed by atoms with Gasteiger partial charge in [0.15, 0.2) is 0 Å². The highest BCUT2D eigenvalue weighted by atomic mass is 16.3. The summed E-state index contributed by atoms with van der Waals surface area (Å²) in [4.78, 5) is 0. The molecule has 0 saturated carbocycles. The SMILES string of the molecule is OC1NC2C=CC1C2. The third-order valence-electron chi connectivity index (χ3n) is 1.91. The van der Waals surface area contributed by atoms with Gasteiger partial charge in [0.25, 0.3) is 0 Å². The second-order valence-corrected chi connectivity index (χ2v) is 2.50. The molecule has 2 nitrogen and oxygen atoms in total. The first-order chi connectivity index (χ1) is 3.86. The van der Waals surface area contributed by atoms with E-state index in [0.29, 0.717) is 12.0 Å². The van der Waals surface area contributed by atoms with E-state index < -0.39 is 0 Å². The molecular weight excluding hydrogens is 102 g/mol. The summed E-state index contributed by atoms with van der Waals surface area (Å²) in [5.41, 5.74) is 0. The van der Waals surface area contributed by atoms with Crippen LogP contribution < -0.4 is 5.32 Å². The number of rotatable bonds is 0. The van der Waals surface area contributed by atoms with Crippen molar-refractivity contribution >= 4 is 0 Å². The van der Waals surface area contributed by atoms with Crippen LogP contribution in [0.2, 0.25) is 0 Å². The van der Waals surface area contributed by atoms with Gasteiger partial charge in [-0.1, -0.05) is 12.2 Å². The molecule has 0 radical (unpaired) electrons. The molecule has 1 fully saturated rings. The Morgan fingerprint density at radius 2 is 2.38 bits per heavy atom. The molecule has 8 heavy (non-hydrogen) atoms. The summed E-state index contributed by atoms with van der Waals surface area (Å²) < 4.78 is 0. The van der Waals surface area contributed by atoms with Crippen molar-refractivity contribution in [2.45, 2.75) is 18.7 Å². The Hall–Kier alpha value is -0.340. The van der Waals surface area contributed by atoms with Crippen molar-refractivity contribution in [2.24, 2.45) is 5.92 Å². The summed E-state index contributed by atoms with van der Waals surface area (Å²) in [5, 5.41) is 12.1. The molecule has 1 saturated heterocycles. The summed E-state index contributed by atoms with van der Waals surface area (Å²) >= 11 is 0. The monoisotopic (exact) mass is 111 g/mol. The van der Waals surface area contributed by atoms with E-state index in [-0.39, 0.29) is 6.23 Å². The van der Waals surface area contributed by atoms with Gasteiger partial charge in [-0.05, 0) is 6.42 Å². The lowest BCUT2D eigenvalue weighted by molar-refractivity contribution is 0.126. The number of aliphatic hydroxyl groups is 1. The van der Waals surface area contributed by atoms with Crippen molar-refractivity contribution in [3.8, 4) is 0 Å². The highest BCUT2D eigenvalue weighted by molar-refractivity contribution is 5.13. The first-order valence-electron chi connectivity index (χ1n) is 2.99. The quantitative estimate of drug-likeness (QED) is 0.426. The van der Waals surface area contributed by atoms with Gasteiger partial charge in [-0.15, -0.1) is 0 Å². The molecule has 0 aromatic heterocycles. The van der Waals surface area contributed by atoms with Crippen LogP contribution in [0, 0.1) is 5.92 Å². The number of hydrogen-bond donors (Lipinski definition) is 2. The van der Waals surface area contributed by atoms with E-state index in [1.165, 1.54) is 0 Å². The van der Waals surface area contributed by atoms with Gasteiger partial charge >= 0.3 is 0 Å². The lowest BCUT2D eigenvalue weighted by atomic mass is 10.1. The van der Waals surface area contributed by atoms with Gasteiger partial charge in [0.2, 0.25) is 0 Å². The molecule has 2 heteroatoms. The van der Waals surface area contributed by atoms with Gasteiger partial charge < -0.3 is 5.11 Å². The van der Waals surface area contributed by atoms with Crippen LogP contribution in [0.15, 0.2) is 12.2 Å². The predicted molar refractivity (Wildman–Crippen MR) is 30.2 cm³/mol. The van der Waals surface area contributed by atoms with Crippen LogP contribution in [0.4, 0.5) is 0 Å². The maximum Gasteiger partial charge on any atom is 0.111 e. The Morgan fingerprint density at radius 3 is 2.62 bits per heavy atom. The number of aliphatic hydroxyl groups excluding tert-OH is 1. The highest BCUT2D eigenvalue weighted by Crippen LogP contribution is 2.26. The van der Waals surface area contributed by atoms with Crippen LogP contribution in [-0.4, -0.2) is 17.4 Å². The average molecular weight is 111 g/mol. The molecule has 1 aliphatic carbocycles. The van der Waals surface area contributed by atoms with Gasteiger partial charge in [0.05, 0.1) is 0 Å². The zero-order valence-electron chi connectivity index (χ0n) is 4.54. The van der Waals surface area contributed by atoms with Gasteiger partial charge in [0.1, 0.15) is 6.23 Å². The molecule has 2 aliphatic rings. The summed E-state index contributed by atoms with van der Waals surface area (Å²) in [6, 6.07) is 0.468. The maximum absolute atomic E-state index is 9.06. The maximum atomic E-state index is 9.06. The van der Waals surface area contributed by atoms with Crippen LogP contribution in [0.5, 0.6) is 0 Å². The Bertz CT molecular complexity index is 132. The van der Waals surface area contributed by atoms with E-state index in [0.717, 1.165) is 6.42 Å². The van der Waals surface area contributed by atoms with Crippen LogP contribution in [-0.2, 0) is 0 Å². The Labute approximate surface area is 48.2 Å². The molecule has 0 spiro atoms. The van der Waals surface area contributed by atoms with E-state index in [1.54, 1.807) is 0 Å². The zero-order valence-corrected chi connectivity index (χ0v) is 4.54. The minimum atomic E-state index is -0.259. The van der Waals surface area contributed by atoms with Crippen molar-refractivity contribution in [1.29, 1.82) is 0 Å². The fourth-order valence-electron chi connectivity index (χ4n) is 1.43. The molecule has 44 valence electrons. The molecule has 3 atom stereocenters. The summed E-state index contributed by atoms with van der Waals surface area (Å²) in [6.45, 7) is 0. The highest BCUT2D eigenvalue weighted by Gasteiger charge is 2.33. The van der Waals surface area contributed by atoms with Crippen molar-refractivity contribution in [3.05, 3.63) is 12.2 Å². The molecular formula is C6H9NO. The minimum absolute atomic E-state index is 0.259. The van der Waals surface area contributed by atoms with E-state index in [9.17, 15) is 0 Å². The van der Waals surface area contributed by atoms with Crippen molar-refractivity contribution in [2.75, 3.05) is 0 Å². The van der Waals surface area contributed by atoms with Gasteiger partial charge in [-0.25, -0.2) is 0 Å². The summed E-state index contributed by atoms with van der Waals surface area (Å²) in [6.07, 6.45) is 5.05. The van der Waals surface area contributed by atoms with E-state index in [2.05, 4.69) is 17.5 Å². The largest absolute Gasteiger partial charge is 0.378 e. The van der Waals surface area contributed by atoms with E-state index >= 15 is 0 Å². The normalized spacial score (nSPS) is 50.9. The molecule has 1 heterocycles. The number of nitrogens with one attached hydrogen (secondary N) is 1. The molecule has 2 rings (SSSR count). The Morgan fingerprint density at radius 1 is 1.50 bits per heavy atom. The van der Waals surface area contributed by atoms with Gasteiger partial charge in [-0.2, -0.15) is 0 Å². The molecule has 2 bridgehead atoms. The molecule has 0 amide bonds. The summed E-state index contributed by atoms with van der Waals surface area (Å²) in [7, 11) is 0. The van der Waals surface area contributed by atoms with Crippen molar-refractivity contribution < 1.29 is 5.11 Å². The van der Waals surface area contributed by atoms with Crippen LogP contribution in [0.1, 0.15) is 6.42 Å². The average Bonchev–Trinajstić information content (AvgIpc) is 2.23. The fourth-order valence-corrected chi connectivity index (χ4v) is 1.43. The number of fused-ring (bicyclic) bond motifs is 2. The predicted octanol–water partition coefficient (Wildman–Crippen LogP) is -0.147. The third-order valence-corrected chi connectivity index (χ3v) is 1.91. The van der Waals surface area contributed by atoms with Crippen molar-refractivity contribution in [1.82, 2.24) is 5.32 Å². The van der Waals surface area contributed by atoms with Gasteiger partial charge in [-0.3, -0.25) is 5.32 Å². The van der Waals surface area contributed by atoms with E-state index in [4.69, 9.17) is 5.11 Å². The summed E-state index contributed by atoms with van der Waals surface area (Å²) in [5.74, 6) is 0.403. The first kappa shape index (κ1) is 4.53. The smallest absolute Gasteiger partial charge is 0.111 e. The fraction of sp³-hybridized carbons (Fsp3) is 0.667. The molecule has 1 aliphatic heterocycles. The van der Waals surface area contributed by atoms with Crippen LogP contribution >= 0.6 is 0 Å². The minimum Gasteiger partial charge on any atom is -0.378 e. The molecule has 0 aromatic carbocycles. The first-order valence-corrected chi connectivity index (χ1v) is 2.99.